The molecule has 0 atom stereocenters. The fraction of sp³-hybridized carbons (Fsp3) is 0.273. The van der Waals surface area contributed by atoms with E-state index in [0.29, 0.717) is 5.76 Å². The lowest BCUT2D eigenvalue weighted by molar-refractivity contribution is 0.372. The van der Waals surface area contributed by atoms with Gasteiger partial charge in [0.05, 0.1) is 12.9 Å². The third-order valence-electron chi connectivity index (χ3n) is 2.40. The highest BCUT2D eigenvalue weighted by atomic mass is 16.5. The lowest BCUT2D eigenvalue weighted by Gasteiger charge is -2.18. The zero-order chi connectivity index (χ0) is 9.26. The maximum Gasteiger partial charge on any atom is 0.118 e. The van der Waals surface area contributed by atoms with E-state index in [1.807, 2.05) is 24.3 Å². The molecule has 0 radical (unpaired) electrons. The molecule has 0 bridgehead atoms. The number of rotatable bonds is 2. The summed E-state index contributed by atoms with van der Waals surface area (Å²) in [5.74, 6) is 1.38. The molecule has 1 aliphatic rings. The van der Waals surface area contributed by atoms with Crippen molar-refractivity contribution in [2.45, 2.75) is 12.8 Å². The van der Waals surface area contributed by atoms with Gasteiger partial charge in [-0.3, -0.25) is 0 Å². The van der Waals surface area contributed by atoms with Crippen molar-refractivity contribution >= 4 is 5.57 Å². The normalized spacial score (nSPS) is 15.5. The first-order valence-electron chi connectivity index (χ1n) is 4.36. The monoisotopic (exact) mass is 176 g/mol. The van der Waals surface area contributed by atoms with E-state index >= 15 is 0 Å². The molecule has 2 nitrogen and oxygen atoms in total. The summed E-state index contributed by atoms with van der Waals surface area (Å²) in [5, 5.41) is 9.34. The summed E-state index contributed by atoms with van der Waals surface area (Å²) in [6, 6.07) is 7.77. The minimum absolute atomic E-state index is 0.533. The largest absolute Gasteiger partial charge is 0.512 e. The van der Waals surface area contributed by atoms with E-state index in [4.69, 9.17) is 4.74 Å². The third kappa shape index (κ3) is 1.39. The van der Waals surface area contributed by atoms with Crippen molar-refractivity contribution in [2.75, 3.05) is 7.11 Å². The molecule has 0 spiro atoms. The van der Waals surface area contributed by atoms with E-state index in [2.05, 4.69) is 0 Å². The van der Waals surface area contributed by atoms with Crippen LogP contribution in [0.5, 0.6) is 5.75 Å². The van der Waals surface area contributed by atoms with Gasteiger partial charge in [0.2, 0.25) is 0 Å². The van der Waals surface area contributed by atoms with Crippen LogP contribution in [0.4, 0.5) is 0 Å². The average Bonchev–Trinajstić information content (AvgIpc) is 2.17. The number of aliphatic hydroxyl groups excluding tert-OH is 1. The van der Waals surface area contributed by atoms with E-state index in [0.717, 1.165) is 29.7 Å². The number of aliphatic hydroxyl groups is 1. The summed E-state index contributed by atoms with van der Waals surface area (Å²) in [6.45, 7) is 0. The summed E-state index contributed by atoms with van der Waals surface area (Å²) in [7, 11) is 1.65. The Morgan fingerprint density at radius 2 is 1.85 bits per heavy atom. The van der Waals surface area contributed by atoms with Gasteiger partial charge >= 0.3 is 0 Å². The van der Waals surface area contributed by atoms with Crippen LogP contribution in [0.2, 0.25) is 0 Å². The maximum absolute atomic E-state index is 9.34. The van der Waals surface area contributed by atoms with Crippen molar-refractivity contribution in [1.29, 1.82) is 0 Å². The van der Waals surface area contributed by atoms with Crippen molar-refractivity contribution in [3.05, 3.63) is 35.6 Å². The van der Waals surface area contributed by atoms with E-state index in [1.54, 1.807) is 7.11 Å². The van der Waals surface area contributed by atoms with Crippen LogP contribution in [0.3, 0.4) is 0 Å². The first-order chi connectivity index (χ1) is 6.31. The molecule has 68 valence electrons. The molecular weight excluding hydrogens is 164 g/mol. The molecule has 0 heterocycles. The van der Waals surface area contributed by atoms with Crippen LogP contribution in [-0.4, -0.2) is 12.2 Å². The summed E-state index contributed by atoms with van der Waals surface area (Å²) < 4.78 is 5.05. The van der Waals surface area contributed by atoms with Crippen LogP contribution in [0.15, 0.2) is 30.0 Å². The fourth-order valence-corrected chi connectivity index (χ4v) is 1.46. The van der Waals surface area contributed by atoms with Crippen molar-refractivity contribution in [2.24, 2.45) is 0 Å². The molecule has 13 heavy (non-hydrogen) atoms. The highest BCUT2D eigenvalue weighted by Gasteiger charge is 2.17. The Morgan fingerprint density at radius 1 is 1.15 bits per heavy atom. The Morgan fingerprint density at radius 3 is 2.23 bits per heavy atom. The minimum Gasteiger partial charge on any atom is -0.512 e. The Bertz CT molecular complexity index is 336. The molecule has 1 aliphatic carbocycles. The fourth-order valence-electron chi connectivity index (χ4n) is 1.46. The van der Waals surface area contributed by atoms with Gasteiger partial charge < -0.3 is 9.84 Å². The van der Waals surface area contributed by atoms with Crippen LogP contribution in [-0.2, 0) is 0 Å². The van der Waals surface area contributed by atoms with Gasteiger partial charge in [-0.05, 0) is 29.7 Å². The number of hydrogen-bond donors (Lipinski definition) is 1. The first kappa shape index (κ1) is 8.17. The minimum atomic E-state index is 0.533. The molecule has 0 amide bonds. The van der Waals surface area contributed by atoms with Crippen molar-refractivity contribution in [1.82, 2.24) is 0 Å². The number of hydrogen-bond acceptors (Lipinski definition) is 2. The van der Waals surface area contributed by atoms with Gasteiger partial charge in [0.15, 0.2) is 0 Å². The van der Waals surface area contributed by atoms with Gasteiger partial charge in [-0.25, -0.2) is 0 Å². The predicted molar refractivity (Wildman–Crippen MR) is 51.8 cm³/mol. The number of methoxy groups -OCH3 is 1. The van der Waals surface area contributed by atoms with Crippen LogP contribution in [0.1, 0.15) is 18.4 Å². The molecule has 1 N–H and O–H groups in total. The first-order valence-corrected chi connectivity index (χ1v) is 4.36. The number of ether oxygens (including phenoxy) is 1. The predicted octanol–water partition coefficient (Wildman–Crippen LogP) is 2.76. The summed E-state index contributed by atoms with van der Waals surface area (Å²) in [5.41, 5.74) is 2.17. The van der Waals surface area contributed by atoms with Gasteiger partial charge in [-0.15, -0.1) is 0 Å². The number of allylic oxidation sites excluding steroid dienone is 2. The number of benzene rings is 1. The molecule has 2 rings (SSSR count). The molecular formula is C11H12O2. The highest BCUT2D eigenvalue weighted by molar-refractivity contribution is 5.72. The zero-order valence-corrected chi connectivity index (χ0v) is 7.58. The molecule has 1 aromatic rings. The second-order valence-corrected chi connectivity index (χ2v) is 3.15. The zero-order valence-electron chi connectivity index (χ0n) is 7.58. The van der Waals surface area contributed by atoms with Crippen LogP contribution >= 0.6 is 0 Å². The van der Waals surface area contributed by atoms with Gasteiger partial charge in [0.25, 0.3) is 0 Å². The summed E-state index contributed by atoms with van der Waals surface area (Å²) in [6.07, 6.45) is 1.81. The standard InChI is InChI=1S/C11H12O2/c1-13-9-4-2-8(3-5-9)10-6-7-11(10)12/h2-5,12H,6-7H2,1H3. The lowest BCUT2D eigenvalue weighted by atomic mass is 9.90. The third-order valence-corrected chi connectivity index (χ3v) is 2.40. The Hall–Kier alpha value is -1.44. The van der Waals surface area contributed by atoms with Crippen LogP contribution < -0.4 is 4.74 Å². The van der Waals surface area contributed by atoms with Crippen LogP contribution in [0.25, 0.3) is 5.57 Å². The molecule has 0 aromatic heterocycles. The molecule has 1 aromatic carbocycles. The topological polar surface area (TPSA) is 29.5 Å². The summed E-state index contributed by atoms with van der Waals surface area (Å²) >= 11 is 0. The second kappa shape index (κ2) is 3.13. The summed E-state index contributed by atoms with van der Waals surface area (Å²) in [4.78, 5) is 0. The Labute approximate surface area is 77.5 Å². The quantitative estimate of drug-likeness (QED) is 0.750. The van der Waals surface area contributed by atoms with E-state index < -0.39 is 0 Å². The highest BCUT2D eigenvalue weighted by Crippen LogP contribution is 2.34. The smallest absolute Gasteiger partial charge is 0.118 e. The van der Waals surface area contributed by atoms with Gasteiger partial charge in [-0.2, -0.15) is 0 Å². The maximum atomic E-state index is 9.34. The van der Waals surface area contributed by atoms with Crippen molar-refractivity contribution < 1.29 is 9.84 Å². The van der Waals surface area contributed by atoms with E-state index in [-0.39, 0.29) is 0 Å². The van der Waals surface area contributed by atoms with Gasteiger partial charge in [0, 0.05) is 6.42 Å². The van der Waals surface area contributed by atoms with Gasteiger partial charge in [0.1, 0.15) is 5.75 Å². The van der Waals surface area contributed by atoms with E-state index in [9.17, 15) is 5.11 Å². The lowest BCUT2D eigenvalue weighted by Crippen LogP contribution is -2.02. The van der Waals surface area contributed by atoms with Crippen molar-refractivity contribution in [3.8, 4) is 5.75 Å². The van der Waals surface area contributed by atoms with Crippen LogP contribution in [0, 0.1) is 0 Å². The molecule has 0 saturated carbocycles. The molecule has 0 saturated heterocycles. The molecule has 0 aliphatic heterocycles. The molecule has 2 heteroatoms. The Balaban J connectivity index is 2.28. The molecule has 0 fully saturated rings. The Kier molecular flexibility index (Phi) is 1.97. The SMILES string of the molecule is COc1ccc(C2=C(O)CC2)cc1. The van der Waals surface area contributed by atoms with Crippen molar-refractivity contribution in [3.63, 3.8) is 0 Å². The van der Waals surface area contributed by atoms with E-state index in [1.165, 1.54) is 0 Å². The molecule has 0 unspecified atom stereocenters. The van der Waals surface area contributed by atoms with Gasteiger partial charge in [-0.1, -0.05) is 12.1 Å². The average molecular weight is 176 g/mol. The second-order valence-electron chi connectivity index (χ2n) is 3.15.